The van der Waals surface area contributed by atoms with E-state index in [0.717, 1.165) is 5.56 Å². The van der Waals surface area contributed by atoms with Crippen molar-refractivity contribution < 1.29 is 18.8 Å². The van der Waals surface area contributed by atoms with Crippen LogP contribution in [0, 0.1) is 5.82 Å². The quantitative estimate of drug-likeness (QED) is 0.730. The van der Waals surface area contributed by atoms with Gasteiger partial charge in [0.2, 0.25) is 5.91 Å². The summed E-state index contributed by atoms with van der Waals surface area (Å²) in [4.78, 5) is 44.5. The van der Waals surface area contributed by atoms with Crippen LogP contribution in [0.1, 0.15) is 18.9 Å². The zero-order chi connectivity index (χ0) is 21.0. The van der Waals surface area contributed by atoms with E-state index in [2.05, 4.69) is 10.3 Å². The SMILES string of the molecule is CC[C@@H](C(=O)Nc1ccc(Cl)cn1)N1CCN(Cc2ccc(F)cc2)C(=O)C1=O. The Morgan fingerprint density at radius 3 is 2.52 bits per heavy atom. The molecule has 1 N–H and O–H groups in total. The molecule has 1 aliphatic rings. The summed E-state index contributed by atoms with van der Waals surface area (Å²) in [6.07, 6.45) is 1.75. The van der Waals surface area contributed by atoms with E-state index < -0.39 is 23.8 Å². The Morgan fingerprint density at radius 2 is 1.90 bits per heavy atom. The smallest absolute Gasteiger partial charge is 0.312 e. The number of hydrogen-bond acceptors (Lipinski definition) is 4. The van der Waals surface area contributed by atoms with Gasteiger partial charge in [-0.05, 0) is 36.2 Å². The topological polar surface area (TPSA) is 82.6 Å². The Hall–Kier alpha value is -3.00. The van der Waals surface area contributed by atoms with Gasteiger partial charge < -0.3 is 15.1 Å². The highest BCUT2D eigenvalue weighted by molar-refractivity contribution is 6.36. The molecule has 1 fully saturated rings. The minimum absolute atomic E-state index is 0.205. The van der Waals surface area contributed by atoms with Crippen molar-refractivity contribution >= 4 is 35.1 Å². The van der Waals surface area contributed by atoms with Gasteiger partial charge >= 0.3 is 11.8 Å². The molecule has 7 nitrogen and oxygen atoms in total. The highest BCUT2D eigenvalue weighted by Crippen LogP contribution is 2.17. The van der Waals surface area contributed by atoms with Gasteiger partial charge in [-0.3, -0.25) is 14.4 Å². The van der Waals surface area contributed by atoms with Gasteiger partial charge in [0.1, 0.15) is 17.7 Å². The van der Waals surface area contributed by atoms with Crippen LogP contribution in [-0.2, 0) is 20.9 Å². The third-order valence-electron chi connectivity index (χ3n) is 4.67. The van der Waals surface area contributed by atoms with Crippen LogP contribution in [0.4, 0.5) is 10.2 Å². The predicted molar refractivity (Wildman–Crippen MR) is 105 cm³/mol. The number of rotatable bonds is 6. The average Bonchev–Trinajstić information content (AvgIpc) is 2.71. The molecule has 1 saturated heterocycles. The first-order valence-electron chi connectivity index (χ1n) is 9.15. The van der Waals surface area contributed by atoms with E-state index >= 15 is 0 Å². The zero-order valence-corrected chi connectivity index (χ0v) is 16.5. The Labute approximate surface area is 172 Å². The number of piperazine rings is 1. The molecule has 1 aliphatic heterocycles. The molecule has 9 heteroatoms. The number of pyridine rings is 1. The van der Waals surface area contributed by atoms with Crippen molar-refractivity contribution in [2.75, 3.05) is 18.4 Å². The standard InChI is InChI=1S/C20H20ClFN4O3/c1-2-16(18(27)24-17-8-5-14(21)11-23-17)26-10-9-25(19(28)20(26)29)12-13-3-6-15(22)7-4-13/h3-8,11,16H,2,9-10,12H2,1H3,(H,23,24,27)/t16-/m0/s1. The number of nitrogens with zero attached hydrogens (tertiary/aromatic N) is 3. The van der Waals surface area contributed by atoms with Crippen molar-refractivity contribution in [2.24, 2.45) is 0 Å². The maximum absolute atomic E-state index is 13.0. The summed E-state index contributed by atoms with van der Waals surface area (Å²) in [6.45, 7) is 2.48. The number of nitrogens with one attached hydrogen (secondary N) is 1. The largest absolute Gasteiger partial charge is 0.328 e. The summed E-state index contributed by atoms with van der Waals surface area (Å²) in [5.41, 5.74) is 0.722. The molecular weight excluding hydrogens is 399 g/mol. The fourth-order valence-corrected chi connectivity index (χ4v) is 3.27. The highest BCUT2D eigenvalue weighted by atomic mass is 35.5. The molecular formula is C20H20ClFN4O3. The first kappa shape index (κ1) is 20.7. The van der Waals surface area contributed by atoms with Crippen molar-refractivity contribution in [3.63, 3.8) is 0 Å². The van der Waals surface area contributed by atoms with Crippen molar-refractivity contribution in [3.05, 3.63) is 59.0 Å². The molecule has 1 atom stereocenters. The maximum Gasteiger partial charge on any atom is 0.312 e. The first-order valence-corrected chi connectivity index (χ1v) is 9.53. The minimum atomic E-state index is -0.795. The molecule has 0 aliphatic carbocycles. The summed E-state index contributed by atoms with van der Waals surface area (Å²) in [5.74, 6) is -1.89. The van der Waals surface area contributed by atoms with Crippen LogP contribution < -0.4 is 5.32 Å². The second-order valence-corrected chi connectivity index (χ2v) is 7.06. The number of carbonyl (C=O) groups is 3. The maximum atomic E-state index is 13.0. The van der Waals surface area contributed by atoms with E-state index in [4.69, 9.17) is 11.6 Å². The summed E-state index contributed by atoms with van der Waals surface area (Å²) in [7, 11) is 0. The van der Waals surface area contributed by atoms with Crippen LogP contribution in [0.3, 0.4) is 0 Å². The first-order chi connectivity index (χ1) is 13.9. The summed E-state index contributed by atoms with van der Waals surface area (Å²) < 4.78 is 13.0. The summed E-state index contributed by atoms with van der Waals surface area (Å²) >= 11 is 5.79. The van der Waals surface area contributed by atoms with Gasteiger partial charge in [-0.25, -0.2) is 9.37 Å². The second-order valence-electron chi connectivity index (χ2n) is 6.63. The zero-order valence-electron chi connectivity index (χ0n) is 15.8. The lowest BCUT2D eigenvalue weighted by Gasteiger charge is -2.37. The van der Waals surface area contributed by atoms with Crippen LogP contribution in [0.2, 0.25) is 5.02 Å². The van der Waals surface area contributed by atoms with E-state index in [0.29, 0.717) is 17.3 Å². The van der Waals surface area contributed by atoms with Gasteiger partial charge in [0.05, 0.1) is 5.02 Å². The Morgan fingerprint density at radius 1 is 1.17 bits per heavy atom. The van der Waals surface area contributed by atoms with Crippen molar-refractivity contribution in [1.82, 2.24) is 14.8 Å². The van der Waals surface area contributed by atoms with Crippen molar-refractivity contribution in [2.45, 2.75) is 25.9 Å². The van der Waals surface area contributed by atoms with E-state index in [-0.39, 0.29) is 25.5 Å². The van der Waals surface area contributed by atoms with E-state index in [1.54, 1.807) is 31.2 Å². The van der Waals surface area contributed by atoms with Crippen LogP contribution >= 0.6 is 11.6 Å². The van der Waals surface area contributed by atoms with E-state index in [9.17, 15) is 18.8 Å². The fraction of sp³-hybridized carbons (Fsp3) is 0.300. The Bertz CT molecular complexity index is 905. The molecule has 2 aromatic rings. The molecule has 0 bridgehead atoms. The number of hydrogen-bond donors (Lipinski definition) is 1. The van der Waals surface area contributed by atoms with Gasteiger partial charge in [0, 0.05) is 25.8 Å². The monoisotopic (exact) mass is 418 g/mol. The van der Waals surface area contributed by atoms with Gasteiger partial charge in [0.15, 0.2) is 0 Å². The number of anilines is 1. The van der Waals surface area contributed by atoms with Crippen LogP contribution in [0.5, 0.6) is 0 Å². The van der Waals surface area contributed by atoms with Crippen molar-refractivity contribution in [3.8, 4) is 0 Å². The third kappa shape index (κ3) is 4.89. The van der Waals surface area contributed by atoms with Gasteiger partial charge in [-0.2, -0.15) is 0 Å². The number of carbonyl (C=O) groups excluding carboxylic acids is 3. The van der Waals surface area contributed by atoms with Crippen LogP contribution in [0.15, 0.2) is 42.6 Å². The molecule has 1 aromatic heterocycles. The molecule has 29 heavy (non-hydrogen) atoms. The molecule has 152 valence electrons. The summed E-state index contributed by atoms with van der Waals surface area (Å²) in [6, 6.07) is 8.10. The number of halogens is 2. The van der Waals surface area contributed by atoms with Crippen LogP contribution in [-0.4, -0.2) is 51.6 Å². The van der Waals surface area contributed by atoms with Crippen molar-refractivity contribution in [1.29, 1.82) is 0 Å². The predicted octanol–water partition coefficient (Wildman–Crippen LogP) is 2.46. The van der Waals surface area contributed by atoms with Crippen LogP contribution in [0.25, 0.3) is 0 Å². The number of aromatic nitrogens is 1. The molecule has 3 amide bonds. The lowest BCUT2D eigenvalue weighted by atomic mass is 10.1. The molecule has 3 rings (SSSR count). The average molecular weight is 419 g/mol. The lowest BCUT2D eigenvalue weighted by Crippen LogP contribution is -2.59. The normalized spacial score (nSPS) is 15.4. The second kappa shape index (κ2) is 9.00. The molecule has 1 aromatic carbocycles. The van der Waals surface area contributed by atoms with E-state index in [1.807, 2.05) is 0 Å². The lowest BCUT2D eigenvalue weighted by molar-refractivity contribution is -0.159. The van der Waals surface area contributed by atoms with E-state index in [1.165, 1.54) is 28.1 Å². The highest BCUT2D eigenvalue weighted by Gasteiger charge is 2.38. The van der Waals surface area contributed by atoms with Gasteiger partial charge in [0.25, 0.3) is 0 Å². The molecule has 0 spiro atoms. The van der Waals surface area contributed by atoms with Gasteiger partial charge in [-0.15, -0.1) is 0 Å². The molecule has 0 unspecified atom stereocenters. The Balaban J connectivity index is 1.66. The molecule has 2 heterocycles. The molecule has 0 radical (unpaired) electrons. The fourth-order valence-electron chi connectivity index (χ4n) is 3.15. The minimum Gasteiger partial charge on any atom is -0.328 e. The molecule has 0 saturated carbocycles. The summed E-state index contributed by atoms with van der Waals surface area (Å²) in [5, 5.41) is 3.08. The van der Waals surface area contributed by atoms with Gasteiger partial charge in [-0.1, -0.05) is 30.7 Å². The Kier molecular flexibility index (Phi) is 6.43. The third-order valence-corrected chi connectivity index (χ3v) is 4.90. The number of benzene rings is 1. The number of amides is 3.